The fraction of sp³-hybridized carbons (Fsp3) is 0.750. The van der Waals surface area contributed by atoms with Crippen molar-refractivity contribution in [2.75, 3.05) is 59.5 Å². The van der Waals surface area contributed by atoms with Gasteiger partial charge in [-0.25, -0.2) is 28.1 Å². The second-order valence-electron chi connectivity index (χ2n) is 11.5. The predicted molar refractivity (Wildman–Crippen MR) is 129 cm³/mol. The van der Waals surface area contributed by atoms with Gasteiger partial charge in [0.15, 0.2) is 0 Å². The summed E-state index contributed by atoms with van der Waals surface area (Å²) in [6.07, 6.45) is 0. The van der Waals surface area contributed by atoms with Gasteiger partial charge in [-0.15, -0.1) is 0 Å². The van der Waals surface area contributed by atoms with E-state index in [9.17, 15) is 28.8 Å². The van der Waals surface area contributed by atoms with E-state index in [1.54, 1.807) is 0 Å². The van der Waals surface area contributed by atoms with Gasteiger partial charge in [0.25, 0.3) is 0 Å². The number of aromatic nitrogens is 3. The van der Waals surface area contributed by atoms with Crippen LogP contribution in [0.5, 0.6) is 0 Å². The standard InChI is InChI=1S/C24H33N3O12/c1-22(7-34-8-22)13-37-16(28)4-25-19(31)26(5-17(29)38-14-23(2)9-35-10-23)21(33)27(20(25)32)6-18(30)39-15-24(3)11-36-12-24/h4-15H2,1-3H3. The molecule has 0 amide bonds. The number of nitrogens with zero attached hydrogens (tertiary/aromatic N) is 3. The van der Waals surface area contributed by atoms with Crippen molar-refractivity contribution in [1.82, 2.24) is 13.7 Å². The van der Waals surface area contributed by atoms with Gasteiger partial charge in [0, 0.05) is 16.2 Å². The molecular weight excluding hydrogens is 522 g/mol. The summed E-state index contributed by atoms with van der Waals surface area (Å²) in [5, 5.41) is 0. The third-order valence-electron chi connectivity index (χ3n) is 6.70. The topological polar surface area (TPSA) is 173 Å². The number of carbonyl (C=O) groups is 3. The molecule has 0 saturated carbocycles. The SMILES string of the molecule is CC1(COC(=O)Cn2c(=O)n(CC(=O)OCC3(C)COC3)c(=O)n(CC(=O)OCC3(C)COC3)c2=O)COC1. The molecule has 15 heteroatoms. The van der Waals surface area contributed by atoms with Crippen LogP contribution in [0.4, 0.5) is 0 Å². The Morgan fingerprint density at radius 1 is 0.564 bits per heavy atom. The minimum Gasteiger partial charge on any atom is -0.464 e. The van der Waals surface area contributed by atoms with Crippen LogP contribution in [0.2, 0.25) is 0 Å². The predicted octanol–water partition coefficient (Wildman–Crippen LogP) is -2.09. The molecule has 1 aromatic rings. The third-order valence-corrected chi connectivity index (χ3v) is 6.70. The number of esters is 3. The Kier molecular flexibility index (Phi) is 8.14. The summed E-state index contributed by atoms with van der Waals surface area (Å²) in [7, 11) is 0. The molecule has 1 aromatic heterocycles. The van der Waals surface area contributed by atoms with Crippen molar-refractivity contribution >= 4 is 17.9 Å². The van der Waals surface area contributed by atoms with Gasteiger partial charge in [-0.1, -0.05) is 20.8 Å². The molecule has 0 unspecified atom stereocenters. The number of hydrogen-bond donors (Lipinski definition) is 0. The average molecular weight is 556 g/mol. The molecule has 0 spiro atoms. The molecule has 0 radical (unpaired) electrons. The lowest BCUT2D eigenvalue weighted by Crippen LogP contribution is -2.57. The molecule has 3 aliphatic heterocycles. The Labute approximate surface area is 222 Å². The first-order chi connectivity index (χ1) is 18.3. The van der Waals surface area contributed by atoms with Crippen LogP contribution in [-0.2, 0) is 62.4 Å². The van der Waals surface area contributed by atoms with Crippen molar-refractivity contribution < 1.29 is 42.8 Å². The number of carbonyl (C=O) groups excluding carboxylic acids is 3. The van der Waals surface area contributed by atoms with Crippen LogP contribution >= 0.6 is 0 Å². The van der Waals surface area contributed by atoms with Gasteiger partial charge in [0.05, 0.1) is 39.6 Å². The first-order valence-corrected chi connectivity index (χ1v) is 12.5. The lowest BCUT2D eigenvalue weighted by Gasteiger charge is -2.37. The quantitative estimate of drug-likeness (QED) is 0.204. The molecule has 216 valence electrons. The molecule has 0 atom stereocenters. The highest BCUT2D eigenvalue weighted by Gasteiger charge is 2.37. The summed E-state index contributed by atoms with van der Waals surface area (Å²) in [6.45, 7) is 5.31. The highest BCUT2D eigenvalue weighted by atomic mass is 16.6. The maximum Gasteiger partial charge on any atom is 0.337 e. The minimum atomic E-state index is -1.22. The molecule has 4 heterocycles. The molecular formula is C24H33N3O12. The van der Waals surface area contributed by atoms with E-state index >= 15 is 0 Å². The van der Waals surface area contributed by atoms with E-state index in [2.05, 4.69) is 0 Å². The molecule has 0 aliphatic carbocycles. The largest absolute Gasteiger partial charge is 0.464 e. The molecule has 0 bridgehead atoms. The Morgan fingerprint density at radius 2 is 0.795 bits per heavy atom. The molecule has 39 heavy (non-hydrogen) atoms. The van der Waals surface area contributed by atoms with Gasteiger partial charge < -0.3 is 28.4 Å². The summed E-state index contributed by atoms with van der Waals surface area (Å²) in [6, 6.07) is 0. The molecule has 0 aromatic carbocycles. The van der Waals surface area contributed by atoms with Gasteiger partial charge in [0.1, 0.15) is 39.5 Å². The van der Waals surface area contributed by atoms with Crippen molar-refractivity contribution in [2.24, 2.45) is 16.2 Å². The lowest BCUT2D eigenvalue weighted by molar-refractivity contribution is -0.166. The minimum absolute atomic E-state index is 0.00196. The Balaban J connectivity index is 1.54. The van der Waals surface area contributed by atoms with Crippen LogP contribution in [0, 0.1) is 16.2 Å². The lowest BCUT2D eigenvalue weighted by atomic mass is 9.90. The highest BCUT2D eigenvalue weighted by molar-refractivity contribution is 5.70. The third kappa shape index (κ3) is 6.65. The van der Waals surface area contributed by atoms with Gasteiger partial charge in [-0.05, 0) is 0 Å². The highest BCUT2D eigenvalue weighted by Crippen LogP contribution is 2.28. The van der Waals surface area contributed by atoms with Crippen LogP contribution in [-0.4, -0.2) is 91.1 Å². The zero-order valence-electron chi connectivity index (χ0n) is 22.2. The normalized spacial score (nSPS) is 20.1. The van der Waals surface area contributed by atoms with Crippen molar-refractivity contribution in [2.45, 2.75) is 40.4 Å². The Bertz CT molecular complexity index is 1110. The van der Waals surface area contributed by atoms with E-state index in [-0.39, 0.29) is 36.1 Å². The van der Waals surface area contributed by atoms with Crippen molar-refractivity contribution in [3.05, 3.63) is 31.5 Å². The number of rotatable bonds is 12. The first kappa shape index (κ1) is 28.7. The average Bonchev–Trinajstić information content (AvgIpc) is 2.84. The maximum absolute atomic E-state index is 13.1. The van der Waals surface area contributed by atoms with Gasteiger partial charge in [0.2, 0.25) is 0 Å². The molecule has 3 fully saturated rings. The van der Waals surface area contributed by atoms with E-state index in [0.717, 1.165) is 0 Å². The molecule has 3 aliphatic rings. The molecule has 15 nitrogen and oxygen atoms in total. The fourth-order valence-electron chi connectivity index (χ4n) is 3.98. The van der Waals surface area contributed by atoms with Crippen molar-refractivity contribution in [3.8, 4) is 0 Å². The Morgan fingerprint density at radius 3 is 0.974 bits per heavy atom. The zero-order valence-corrected chi connectivity index (χ0v) is 22.2. The van der Waals surface area contributed by atoms with Crippen LogP contribution < -0.4 is 17.1 Å². The van der Waals surface area contributed by atoms with Gasteiger partial charge in [-0.3, -0.25) is 14.4 Å². The van der Waals surface area contributed by atoms with Gasteiger partial charge >= 0.3 is 35.0 Å². The van der Waals surface area contributed by atoms with E-state index in [0.29, 0.717) is 53.3 Å². The van der Waals surface area contributed by atoms with E-state index < -0.39 is 54.6 Å². The van der Waals surface area contributed by atoms with Crippen molar-refractivity contribution in [3.63, 3.8) is 0 Å². The van der Waals surface area contributed by atoms with Crippen LogP contribution in [0.1, 0.15) is 20.8 Å². The van der Waals surface area contributed by atoms with E-state index in [1.165, 1.54) is 0 Å². The molecule has 3 saturated heterocycles. The summed E-state index contributed by atoms with van der Waals surface area (Å²) < 4.78 is 32.2. The second kappa shape index (κ2) is 11.1. The van der Waals surface area contributed by atoms with Gasteiger partial charge in [-0.2, -0.15) is 0 Å². The first-order valence-electron chi connectivity index (χ1n) is 12.5. The van der Waals surface area contributed by atoms with Crippen LogP contribution in [0.15, 0.2) is 14.4 Å². The summed E-state index contributed by atoms with van der Waals surface area (Å²) in [4.78, 5) is 76.7. The van der Waals surface area contributed by atoms with E-state index in [4.69, 9.17) is 28.4 Å². The summed E-state index contributed by atoms with van der Waals surface area (Å²) >= 11 is 0. The van der Waals surface area contributed by atoms with Crippen molar-refractivity contribution in [1.29, 1.82) is 0 Å². The summed E-state index contributed by atoms with van der Waals surface area (Å²) in [5.41, 5.74) is -4.80. The zero-order chi connectivity index (χ0) is 28.4. The fourth-order valence-corrected chi connectivity index (χ4v) is 3.98. The Hall–Kier alpha value is -3.30. The number of ether oxygens (including phenoxy) is 6. The van der Waals surface area contributed by atoms with Crippen LogP contribution in [0.25, 0.3) is 0 Å². The number of hydrogen-bond acceptors (Lipinski definition) is 12. The monoisotopic (exact) mass is 555 g/mol. The van der Waals surface area contributed by atoms with E-state index in [1.807, 2.05) is 20.8 Å². The molecule has 0 N–H and O–H groups in total. The maximum atomic E-state index is 13.1. The summed E-state index contributed by atoms with van der Waals surface area (Å²) in [5.74, 6) is -2.75. The van der Waals surface area contributed by atoms with Crippen LogP contribution in [0.3, 0.4) is 0 Å². The smallest absolute Gasteiger partial charge is 0.337 e. The second-order valence-corrected chi connectivity index (χ2v) is 11.5. The molecule has 4 rings (SSSR count).